The number of aromatic nitrogens is 1. The van der Waals surface area contributed by atoms with Gasteiger partial charge in [0.15, 0.2) is 0 Å². The normalized spacial score (nSPS) is 25.2. The zero-order chi connectivity index (χ0) is 13.8. The molecule has 2 heterocycles. The molecule has 0 aliphatic carbocycles. The van der Waals surface area contributed by atoms with Gasteiger partial charge >= 0.3 is 0 Å². The molecule has 2 rings (SSSR count). The number of piperazine rings is 1. The Morgan fingerprint density at radius 1 is 1.47 bits per heavy atom. The van der Waals surface area contributed by atoms with Crippen molar-refractivity contribution in [2.45, 2.75) is 38.4 Å². The molecule has 106 valence electrons. The van der Waals surface area contributed by atoms with Gasteiger partial charge < -0.3 is 10.6 Å². The molecule has 4 nitrogen and oxygen atoms in total. The Hall–Kier alpha value is -0.970. The van der Waals surface area contributed by atoms with Crippen LogP contribution in [0.3, 0.4) is 0 Å². The fourth-order valence-electron chi connectivity index (χ4n) is 3.03. The van der Waals surface area contributed by atoms with Gasteiger partial charge in [0.25, 0.3) is 0 Å². The number of nitrogens with zero attached hydrogens (tertiary/aromatic N) is 3. The Kier molecular flexibility index (Phi) is 4.91. The molecule has 0 aromatic carbocycles. The lowest BCUT2D eigenvalue weighted by atomic mass is 9.95. The van der Waals surface area contributed by atoms with E-state index in [1.807, 2.05) is 18.5 Å². The molecule has 1 fully saturated rings. The van der Waals surface area contributed by atoms with Crippen LogP contribution in [0.1, 0.15) is 31.9 Å². The van der Waals surface area contributed by atoms with E-state index >= 15 is 0 Å². The second-order valence-electron chi connectivity index (χ2n) is 5.65. The van der Waals surface area contributed by atoms with Gasteiger partial charge in [0.2, 0.25) is 0 Å². The number of hydrogen-bond donors (Lipinski definition) is 1. The van der Waals surface area contributed by atoms with Gasteiger partial charge in [0.05, 0.1) is 6.04 Å². The molecule has 1 aromatic rings. The first-order chi connectivity index (χ1) is 9.13. The number of nitrogens with two attached hydrogens (primary N) is 1. The van der Waals surface area contributed by atoms with Crippen molar-refractivity contribution in [1.82, 2.24) is 14.8 Å². The molecule has 1 aliphatic rings. The van der Waals surface area contributed by atoms with Crippen molar-refractivity contribution < 1.29 is 0 Å². The third-order valence-electron chi connectivity index (χ3n) is 4.14. The average molecular weight is 262 g/mol. The number of pyridine rings is 1. The van der Waals surface area contributed by atoms with Crippen LogP contribution in [0.5, 0.6) is 0 Å². The molecule has 2 N–H and O–H groups in total. The van der Waals surface area contributed by atoms with Crippen molar-refractivity contribution >= 4 is 0 Å². The summed E-state index contributed by atoms with van der Waals surface area (Å²) in [7, 11) is 2.19. The lowest BCUT2D eigenvalue weighted by molar-refractivity contribution is 0.0491. The van der Waals surface area contributed by atoms with Crippen LogP contribution in [0.25, 0.3) is 0 Å². The molecule has 4 heteroatoms. The van der Waals surface area contributed by atoms with Crippen LogP contribution in [0.15, 0.2) is 24.5 Å². The smallest absolute Gasteiger partial charge is 0.0518 e. The molecule has 3 atom stereocenters. The Bertz CT molecular complexity index is 381. The second-order valence-corrected chi connectivity index (χ2v) is 5.65. The minimum atomic E-state index is 0.162. The van der Waals surface area contributed by atoms with Gasteiger partial charge in [-0.05, 0) is 32.0 Å². The van der Waals surface area contributed by atoms with E-state index in [0.29, 0.717) is 6.04 Å². The van der Waals surface area contributed by atoms with Gasteiger partial charge in [-0.1, -0.05) is 13.0 Å². The zero-order valence-electron chi connectivity index (χ0n) is 12.3. The molecular formula is C15H26N4. The molecule has 3 unspecified atom stereocenters. The maximum absolute atomic E-state index is 6.39. The highest BCUT2D eigenvalue weighted by molar-refractivity contribution is 5.17. The fourth-order valence-corrected chi connectivity index (χ4v) is 3.03. The second kappa shape index (κ2) is 6.46. The van der Waals surface area contributed by atoms with E-state index in [1.165, 1.54) is 5.56 Å². The van der Waals surface area contributed by atoms with Crippen LogP contribution < -0.4 is 5.73 Å². The first-order valence-electron chi connectivity index (χ1n) is 7.23. The van der Waals surface area contributed by atoms with Gasteiger partial charge in [-0.15, -0.1) is 0 Å². The third-order valence-corrected chi connectivity index (χ3v) is 4.14. The predicted molar refractivity (Wildman–Crippen MR) is 78.9 cm³/mol. The highest BCUT2D eigenvalue weighted by atomic mass is 15.3. The van der Waals surface area contributed by atoms with Gasteiger partial charge in [0, 0.05) is 44.1 Å². The summed E-state index contributed by atoms with van der Waals surface area (Å²) in [5.74, 6) is 0. The highest BCUT2D eigenvalue weighted by Gasteiger charge is 2.32. The monoisotopic (exact) mass is 262 g/mol. The number of rotatable bonds is 4. The molecule has 1 aromatic heterocycles. The Morgan fingerprint density at radius 2 is 2.26 bits per heavy atom. The maximum Gasteiger partial charge on any atom is 0.0518 e. The molecule has 0 amide bonds. The highest BCUT2D eigenvalue weighted by Crippen LogP contribution is 2.28. The van der Waals surface area contributed by atoms with E-state index in [4.69, 9.17) is 5.73 Å². The fraction of sp³-hybridized carbons (Fsp3) is 0.667. The Balaban J connectivity index is 2.23. The van der Waals surface area contributed by atoms with Crippen molar-refractivity contribution in [2.24, 2.45) is 5.73 Å². The summed E-state index contributed by atoms with van der Waals surface area (Å²) < 4.78 is 0. The van der Waals surface area contributed by atoms with E-state index in [9.17, 15) is 0 Å². The average Bonchev–Trinajstić information content (AvgIpc) is 2.42. The van der Waals surface area contributed by atoms with Crippen molar-refractivity contribution in [3.8, 4) is 0 Å². The van der Waals surface area contributed by atoms with Crippen molar-refractivity contribution in [2.75, 3.05) is 26.7 Å². The molecule has 1 aliphatic heterocycles. The molecule has 0 spiro atoms. The third kappa shape index (κ3) is 3.32. The zero-order valence-corrected chi connectivity index (χ0v) is 12.3. The predicted octanol–water partition coefficient (Wildman–Crippen LogP) is 1.50. The number of likely N-dealkylation sites (N-methyl/N-ethyl adjacent to an activating group) is 1. The SMILES string of the molecule is CCC(N)C(c1cccnc1)N1CCN(C)CC1C. The Labute approximate surface area is 116 Å². The van der Waals surface area contributed by atoms with Crippen molar-refractivity contribution in [3.63, 3.8) is 0 Å². The van der Waals surface area contributed by atoms with E-state index in [2.05, 4.69) is 41.7 Å². The first-order valence-corrected chi connectivity index (χ1v) is 7.23. The van der Waals surface area contributed by atoms with E-state index in [0.717, 1.165) is 26.1 Å². The van der Waals surface area contributed by atoms with Crippen molar-refractivity contribution in [1.29, 1.82) is 0 Å². The lowest BCUT2D eigenvalue weighted by Crippen LogP contribution is -2.54. The quantitative estimate of drug-likeness (QED) is 0.893. The largest absolute Gasteiger partial charge is 0.326 e. The summed E-state index contributed by atoms with van der Waals surface area (Å²) in [5, 5.41) is 0. The Morgan fingerprint density at radius 3 is 2.84 bits per heavy atom. The van der Waals surface area contributed by atoms with Gasteiger partial charge in [0.1, 0.15) is 0 Å². The minimum Gasteiger partial charge on any atom is -0.326 e. The summed E-state index contributed by atoms with van der Waals surface area (Å²) in [4.78, 5) is 9.20. The van der Waals surface area contributed by atoms with Crippen LogP contribution in [-0.4, -0.2) is 53.5 Å². The van der Waals surface area contributed by atoms with Gasteiger partial charge in [-0.2, -0.15) is 0 Å². The molecule has 0 bridgehead atoms. The lowest BCUT2D eigenvalue weighted by Gasteiger charge is -2.44. The van der Waals surface area contributed by atoms with Crippen LogP contribution in [-0.2, 0) is 0 Å². The summed E-state index contributed by atoms with van der Waals surface area (Å²) in [5.41, 5.74) is 7.64. The van der Waals surface area contributed by atoms with E-state index < -0.39 is 0 Å². The van der Waals surface area contributed by atoms with Gasteiger partial charge in [-0.3, -0.25) is 9.88 Å². The number of hydrogen-bond acceptors (Lipinski definition) is 4. The molecule has 1 saturated heterocycles. The first kappa shape index (κ1) is 14.4. The van der Waals surface area contributed by atoms with Gasteiger partial charge in [-0.25, -0.2) is 0 Å². The van der Waals surface area contributed by atoms with E-state index in [1.54, 1.807) is 0 Å². The van der Waals surface area contributed by atoms with Crippen LogP contribution >= 0.6 is 0 Å². The van der Waals surface area contributed by atoms with Crippen LogP contribution in [0.2, 0.25) is 0 Å². The summed E-state index contributed by atoms with van der Waals surface area (Å²) >= 11 is 0. The minimum absolute atomic E-state index is 0.162. The summed E-state index contributed by atoms with van der Waals surface area (Å²) in [6.45, 7) is 7.74. The molecule has 0 saturated carbocycles. The molecular weight excluding hydrogens is 236 g/mol. The molecule has 19 heavy (non-hydrogen) atoms. The maximum atomic E-state index is 6.39. The topological polar surface area (TPSA) is 45.4 Å². The van der Waals surface area contributed by atoms with Crippen LogP contribution in [0, 0.1) is 0 Å². The van der Waals surface area contributed by atoms with Crippen LogP contribution in [0.4, 0.5) is 0 Å². The standard InChI is InChI=1S/C15H26N4/c1-4-14(16)15(13-6-5-7-17-10-13)19-9-8-18(3)11-12(19)2/h5-7,10,12,14-15H,4,8-9,11,16H2,1-3H3. The van der Waals surface area contributed by atoms with Crippen molar-refractivity contribution in [3.05, 3.63) is 30.1 Å². The van der Waals surface area contributed by atoms with E-state index in [-0.39, 0.29) is 12.1 Å². The summed E-state index contributed by atoms with van der Waals surface area (Å²) in [6.07, 6.45) is 4.77. The molecule has 0 radical (unpaired) electrons. The summed E-state index contributed by atoms with van der Waals surface area (Å²) in [6, 6.07) is 5.13.